The zero-order valence-electron chi connectivity index (χ0n) is 11.8. The Balaban J connectivity index is 1.95. The van der Waals surface area contributed by atoms with Crippen LogP contribution >= 0.6 is 0 Å². The molecule has 0 atom stereocenters. The van der Waals surface area contributed by atoms with Crippen LogP contribution in [0, 0.1) is 17.2 Å². The third kappa shape index (κ3) is 1.97. The fraction of sp³-hybridized carbons (Fsp3) is 0.467. The molecule has 21 heavy (non-hydrogen) atoms. The number of nitrogens with zero attached hydrogens (tertiary/aromatic N) is 2. The van der Waals surface area contributed by atoms with Crippen LogP contribution in [-0.2, 0) is 11.2 Å². The SMILES string of the molecule is CC1CC(C(=O)N2CCc3ccc(F)cc32)(/C(N)=N/O)C1. The van der Waals surface area contributed by atoms with Crippen molar-refractivity contribution in [2.45, 2.75) is 26.2 Å². The van der Waals surface area contributed by atoms with Crippen LogP contribution in [0.2, 0.25) is 0 Å². The molecule has 6 heteroatoms. The summed E-state index contributed by atoms with van der Waals surface area (Å²) in [6.07, 6.45) is 1.81. The number of amides is 1. The van der Waals surface area contributed by atoms with Crippen LogP contribution < -0.4 is 10.6 Å². The molecule has 3 rings (SSSR count). The standard InChI is InChI=1S/C15H18FN3O2/c1-9-7-15(8-9,13(17)18-21)14(20)19-5-4-10-2-3-11(16)6-12(10)19/h2-3,6,9,21H,4-5,7-8H2,1H3,(H2,17,18). The predicted octanol–water partition coefficient (Wildman–Crippen LogP) is 1.88. The zero-order valence-corrected chi connectivity index (χ0v) is 11.8. The topological polar surface area (TPSA) is 78.9 Å². The van der Waals surface area contributed by atoms with Gasteiger partial charge < -0.3 is 15.8 Å². The van der Waals surface area contributed by atoms with Crippen LogP contribution in [0.4, 0.5) is 10.1 Å². The Morgan fingerprint density at radius 3 is 2.86 bits per heavy atom. The molecule has 1 aliphatic carbocycles. The van der Waals surface area contributed by atoms with E-state index in [1.165, 1.54) is 12.1 Å². The molecule has 2 aliphatic rings. The molecule has 112 valence electrons. The van der Waals surface area contributed by atoms with Crippen molar-refractivity contribution < 1.29 is 14.4 Å². The molecule has 1 aromatic rings. The van der Waals surface area contributed by atoms with E-state index in [4.69, 9.17) is 10.9 Å². The first-order valence-electron chi connectivity index (χ1n) is 7.06. The number of oxime groups is 1. The summed E-state index contributed by atoms with van der Waals surface area (Å²) in [5.41, 5.74) is 6.38. The number of carbonyl (C=O) groups excluding carboxylic acids is 1. The number of hydrogen-bond donors (Lipinski definition) is 2. The second kappa shape index (κ2) is 4.72. The van der Waals surface area contributed by atoms with E-state index in [2.05, 4.69) is 5.16 Å². The second-order valence-electron chi connectivity index (χ2n) is 6.06. The van der Waals surface area contributed by atoms with Gasteiger partial charge in [0.25, 0.3) is 0 Å². The van der Waals surface area contributed by atoms with E-state index in [1.54, 1.807) is 11.0 Å². The molecule has 0 saturated heterocycles. The van der Waals surface area contributed by atoms with Crippen molar-refractivity contribution in [3.63, 3.8) is 0 Å². The third-order valence-corrected chi connectivity index (χ3v) is 4.59. The number of amidine groups is 1. The summed E-state index contributed by atoms with van der Waals surface area (Å²) in [7, 11) is 0. The normalized spacial score (nSPS) is 28.2. The Bertz CT molecular complexity index is 623. The molecule has 0 unspecified atom stereocenters. The minimum atomic E-state index is -0.942. The summed E-state index contributed by atoms with van der Waals surface area (Å²) < 4.78 is 13.5. The average molecular weight is 291 g/mol. The smallest absolute Gasteiger partial charge is 0.240 e. The van der Waals surface area contributed by atoms with E-state index in [0.717, 1.165) is 5.56 Å². The lowest BCUT2D eigenvalue weighted by atomic mass is 9.61. The van der Waals surface area contributed by atoms with Gasteiger partial charge in [-0.3, -0.25) is 4.79 Å². The molecule has 1 aliphatic heterocycles. The summed E-state index contributed by atoms with van der Waals surface area (Å²) >= 11 is 0. The highest BCUT2D eigenvalue weighted by atomic mass is 19.1. The van der Waals surface area contributed by atoms with Gasteiger partial charge in [0, 0.05) is 12.2 Å². The van der Waals surface area contributed by atoms with Gasteiger partial charge >= 0.3 is 0 Å². The molecular formula is C15H18FN3O2. The van der Waals surface area contributed by atoms with E-state index >= 15 is 0 Å². The van der Waals surface area contributed by atoms with Gasteiger partial charge in [-0.1, -0.05) is 18.1 Å². The number of fused-ring (bicyclic) bond motifs is 1. The lowest BCUT2D eigenvalue weighted by Gasteiger charge is -2.45. The van der Waals surface area contributed by atoms with Crippen LogP contribution in [0.25, 0.3) is 0 Å². The van der Waals surface area contributed by atoms with Crippen LogP contribution in [0.1, 0.15) is 25.3 Å². The molecule has 1 saturated carbocycles. The quantitative estimate of drug-likeness (QED) is 0.378. The van der Waals surface area contributed by atoms with Crippen LogP contribution in [0.3, 0.4) is 0 Å². The maximum atomic E-state index is 13.5. The lowest BCUT2D eigenvalue weighted by molar-refractivity contribution is -0.130. The average Bonchev–Trinajstić information content (AvgIpc) is 2.84. The Kier molecular flexibility index (Phi) is 3.11. The van der Waals surface area contributed by atoms with Crippen molar-refractivity contribution in [3.05, 3.63) is 29.6 Å². The van der Waals surface area contributed by atoms with E-state index in [9.17, 15) is 9.18 Å². The highest BCUT2D eigenvalue weighted by Crippen LogP contribution is 2.48. The summed E-state index contributed by atoms with van der Waals surface area (Å²) in [6, 6.07) is 4.48. The molecule has 1 fully saturated rings. The maximum absolute atomic E-state index is 13.5. The van der Waals surface area contributed by atoms with Crippen molar-refractivity contribution >= 4 is 17.4 Å². The summed E-state index contributed by atoms with van der Waals surface area (Å²) in [4.78, 5) is 14.5. The van der Waals surface area contributed by atoms with Gasteiger partial charge in [-0.2, -0.15) is 0 Å². The number of benzene rings is 1. The van der Waals surface area contributed by atoms with Gasteiger partial charge in [-0.25, -0.2) is 4.39 Å². The van der Waals surface area contributed by atoms with Crippen molar-refractivity contribution in [1.82, 2.24) is 0 Å². The van der Waals surface area contributed by atoms with Gasteiger partial charge in [0.1, 0.15) is 11.2 Å². The van der Waals surface area contributed by atoms with E-state index < -0.39 is 5.41 Å². The van der Waals surface area contributed by atoms with Gasteiger partial charge in [0.05, 0.1) is 0 Å². The minimum absolute atomic E-state index is 0.0459. The number of halogens is 1. The third-order valence-electron chi connectivity index (χ3n) is 4.59. The zero-order chi connectivity index (χ0) is 15.2. The predicted molar refractivity (Wildman–Crippen MR) is 76.7 cm³/mol. The number of hydrogen-bond acceptors (Lipinski definition) is 3. The second-order valence-corrected chi connectivity index (χ2v) is 6.06. The number of rotatable bonds is 2. The molecule has 1 heterocycles. The Labute approximate surface area is 122 Å². The monoisotopic (exact) mass is 291 g/mol. The van der Waals surface area contributed by atoms with Gasteiger partial charge in [0.15, 0.2) is 5.84 Å². The number of carbonyl (C=O) groups is 1. The van der Waals surface area contributed by atoms with E-state index in [-0.39, 0.29) is 17.6 Å². The Morgan fingerprint density at radius 2 is 2.24 bits per heavy atom. The van der Waals surface area contributed by atoms with E-state index in [1.807, 2.05) is 6.92 Å². The van der Waals surface area contributed by atoms with E-state index in [0.29, 0.717) is 37.4 Å². The summed E-state index contributed by atoms with van der Waals surface area (Å²) in [6.45, 7) is 2.53. The highest BCUT2D eigenvalue weighted by molar-refractivity contribution is 6.14. The number of nitrogens with two attached hydrogens (primary N) is 1. The van der Waals surface area contributed by atoms with Crippen molar-refractivity contribution in [1.29, 1.82) is 0 Å². The maximum Gasteiger partial charge on any atom is 0.240 e. The first kappa shape index (κ1) is 13.9. The molecule has 0 bridgehead atoms. The number of anilines is 1. The fourth-order valence-electron chi connectivity index (χ4n) is 3.54. The highest BCUT2D eigenvalue weighted by Gasteiger charge is 2.54. The van der Waals surface area contributed by atoms with Crippen LogP contribution in [0.15, 0.2) is 23.4 Å². The van der Waals surface area contributed by atoms with Crippen molar-refractivity contribution in [2.75, 3.05) is 11.4 Å². The molecule has 3 N–H and O–H groups in total. The molecule has 0 spiro atoms. The van der Waals surface area contributed by atoms with Crippen molar-refractivity contribution in [3.8, 4) is 0 Å². The Morgan fingerprint density at radius 1 is 1.52 bits per heavy atom. The first-order chi connectivity index (χ1) is 9.98. The molecule has 5 nitrogen and oxygen atoms in total. The molecule has 0 aromatic heterocycles. The van der Waals surface area contributed by atoms with Crippen LogP contribution in [-0.4, -0.2) is 23.5 Å². The van der Waals surface area contributed by atoms with Crippen molar-refractivity contribution in [2.24, 2.45) is 22.2 Å². The van der Waals surface area contributed by atoms with Gasteiger partial charge in [0.2, 0.25) is 5.91 Å². The van der Waals surface area contributed by atoms with Gasteiger partial charge in [-0.05, 0) is 42.9 Å². The summed E-state index contributed by atoms with van der Waals surface area (Å²) in [5.74, 6) is -0.257. The molecule has 1 aromatic carbocycles. The lowest BCUT2D eigenvalue weighted by Crippen LogP contribution is -2.57. The largest absolute Gasteiger partial charge is 0.409 e. The Hall–Kier alpha value is -2.11. The molecule has 1 amide bonds. The first-order valence-corrected chi connectivity index (χ1v) is 7.06. The summed E-state index contributed by atoms with van der Waals surface area (Å²) in [5, 5.41) is 12.0. The molecular weight excluding hydrogens is 273 g/mol. The minimum Gasteiger partial charge on any atom is -0.409 e. The fourth-order valence-corrected chi connectivity index (χ4v) is 3.54. The van der Waals surface area contributed by atoms with Gasteiger partial charge in [-0.15, -0.1) is 0 Å². The molecule has 0 radical (unpaired) electrons. The van der Waals surface area contributed by atoms with Crippen LogP contribution in [0.5, 0.6) is 0 Å².